The summed E-state index contributed by atoms with van der Waals surface area (Å²) in [6.45, 7) is 14.0. The van der Waals surface area contributed by atoms with Gasteiger partial charge in [0, 0.05) is 10.9 Å². The summed E-state index contributed by atoms with van der Waals surface area (Å²) >= 11 is 0. The van der Waals surface area contributed by atoms with Crippen molar-refractivity contribution in [1.29, 1.82) is 0 Å². The molecule has 2 aliphatic carbocycles. The fraction of sp³-hybridized carbons (Fsp3) is 0.676. The van der Waals surface area contributed by atoms with Gasteiger partial charge in [-0.3, -0.25) is 0 Å². The summed E-state index contributed by atoms with van der Waals surface area (Å²) in [5.74, 6) is 4.12. The molecule has 5 heteroatoms. The van der Waals surface area contributed by atoms with Crippen LogP contribution in [0.1, 0.15) is 140 Å². The highest BCUT2D eigenvalue weighted by atomic mass is 31.1. The molecule has 2 fully saturated rings. The Kier molecular flexibility index (Phi) is 11.5. The minimum absolute atomic E-state index is 0.350. The van der Waals surface area contributed by atoms with Gasteiger partial charge in [0.2, 0.25) is 11.5 Å². The predicted molar refractivity (Wildman–Crippen MR) is 181 cm³/mol. The first kappa shape index (κ1) is 33.0. The third-order valence-corrected chi connectivity index (χ3v) is 13.2. The average Bonchev–Trinajstić information content (AvgIpc) is 3.00. The molecule has 4 rings (SSSR count). The summed E-state index contributed by atoms with van der Waals surface area (Å²) in [6.07, 6.45) is 13.3. The fourth-order valence-corrected chi connectivity index (χ4v) is 11.6. The van der Waals surface area contributed by atoms with Crippen LogP contribution >= 0.6 is 7.92 Å². The monoisotopic (exact) mass is 596 g/mol. The lowest BCUT2D eigenvalue weighted by Crippen LogP contribution is -2.29. The molecule has 4 nitrogen and oxygen atoms in total. The van der Waals surface area contributed by atoms with Crippen LogP contribution in [0.4, 0.5) is 0 Å². The molecule has 0 radical (unpaired) electrons. The van der Waals surface area contributed by atoms with Gasteiger partial charge in [-0.15, -0.1) is 0 Å². The van der Waals surface area contributed by atoms with E-state index in [1.165, 1.54) is 97.3 Å². The molecule has 0 atom stereocenters. The maximum absolute atomic E-state index is 6.45. The van der Waals surface area contributed by atoms with Gasteiger partial charge in [-0.2, -0.15) is 0 Å². The minimum atomic E-state index is -0.548. The lowest BCUT2D eigenvalue weighted by molar-refractivity contribution is 0.308. The smallest absolute Gasteiger partial charge is 0.207 e. The summed E-state index contributed by atoms with van der Waals surface area (Å²) < 4.78 is 25.2. The second-order valence-corrected chi connectivity index (χ2v) is 16.1. The number of hydrogen-bond donors (Lipinski definition) is 0. The first-order chi connectivity index (χ1) is 20.2. The van der Waals surface area contributed by atoms with Crippen LogP contribution in [0.5, 0.6) is 23.0 Å². The molecular weight excluding hydrogens is 539 g/mol. The Bertz CT molecular complexity index is 1140. The molecule has 0 bridgehead atoms. The zero-order valence-electron chi connectivity index (χ0n) is 28.2. The van der Waals surface area contributed by atoms with Gasteiger partial charge in [0.25, 0.3) is 0 Å². The average molecular weight is 597 g/mol. The van der Waals surface area contributed by atoms with Crippen molar-refractivity contribution in [3.8, 4) is 34.1 Å². The van der Waals surface area contributed by atoms with E-state index in [0.717, 1.165) is 11.5 Å². The van der Waals surface area contributed by atoms with Crippen molar-refractivity contribution >= 4 is 13.2 Å². The molecule has 0 saturated heterocycles. The summed E-state index contributed by atoms with van der Waals surface area (Å²) in [4.78, 5) is 0. The van der Waals surface area contributed by atoms with E-state index >= 15 is 0 Å². The minimum Gasteiger partial charge on any atom is -0.492 e. The van der Waals surface area contributed by atoms with Crippen molar-refractivity contribution in [1.82, 2.24) is 0 Å². The summed E-state index contributed by atoms with van der Waals surface area (Å²) in [7, 11) is 6.54. The standard InChI is InChI=1S/C37H57O4P/c1-23(2)26-21-29(24(3)4)31(30(22-26)25(5)6)32-33(38-7)34(39-8)35(40-9)36(41-10)37(32)42(27-17-13-11-14-18-27)28-19-15-12-16-20-28/h21-25,27-28H,11-20H2,1-10H3. The molecule has 0 N–H and O–H groups in total. The number of rotatable bonds is 11. The molecule has 0 aromatic heterocycles. The van der Waals surface area contributed by atoms with Crippen LogP contribution in [0.2, 0.25) is 0 Å². The van der Waals surface area contributed by atoms with E-state index in [-0.39, 0.29) is 0 Å². The zero-order valence-corrected chi connectivity index (χ0v) is 29.1. The van der Waals surface area contributed by atoms with Gasteiger partial charge in [-0.25, -0.2) is 0 Å². The quantitative estimate of drug-likeness (QED) is 0.242. The van der Waals surface area contributed by atoms with Crippen LogP contribution in [-0.2, 0) is 0 Å². The first-order valence-corrected chi connectivity index (χ1v) is 18.0. The van der Waals surface area contributed by atoms with Crippen molar-refractivity contribution in [3.05, 3.63) is 28.8 Å². The van der Waals surface area contributed by atoms with Gasteiger partial charge in [0.15, 0.2) is 11.5 Å². The van der Waals surface area contributed by atoms with Crippen molar-refractivity contribution in [2.75, 3.05) is 28.4 Å². The van der Waals surface area contributed by atoms with Gasteiger partial charge in [-0.05, 0) is 77.0 Å². The van der Waals surface area contributed by atoms with Gasteiger partial charge in [0.1, 0.15) is 0 Å². The third kappa shape index (κ3) is 6.45. The Morgan fingerprint density at radius 3 is 1.29 bits per heavy atom. The Morgan fingerprint density at radius 1 is 0.524 bits per heavy atom. The topological polar surface area (TPSA) is 36.9 Å². The van der Waals surface area contributed by atoms with Crippen molar-refractivity contribution in [2.24, 2.45) is 0 Å². The van der Waals surface area contributed by atoms with Crippen molar-refractivity contribution < 1.29 is 18.9 Å². The molecule has 0 spiro atoms. The van der Waals surface area contributed by atoms with E-state index in [2.05, 4.69) is 53.7 Å². The molecule has 2 aromatic carbocycles. The van der Waals surface area contributed by atoms with E-state index in [4.69, 9.17) is 18.9 Å². The van der Waals surface area contributed by atoms with Crippen molar-refractivity contribution in [3.63, 3.8) is 0 Å². The Morgan fingerprint density at radius 2 is 0.929 bits per heavy atom. The zero-order chi connectivity index (χ0) is 30.6. The number of hydrogen-bond acceptors (Lipinski definition) is 4. The third-order valence-electron chi connectivity index (χ3n) is 9.69. The highest BCUT2D eigenvalue weighted by Gasteiger charge is 2.41. The number of benzene rings is 2. The molecule has 0 amide bonds. The van der Waals surface area contributed by atoms with E-state index < -0.39 is 7.92 Å². The van der Waals surface area contributed by atoms with Crippen LogP contribution in [0.3, 0.4) is 0 Å². The maximum Gasteiger partial charge on any atom is 0.207 e. The lowest BCUT2D eigenvalue weighted by Gasteiger charge is -2.41. The molecule has 234 valence electrons. The molecule has 0 unspecified atom stereocenters. The summed E-state index contributed by atoms with van der Waals surface area (Å²) in [6, 6.07) is 4.93. The predicted octanol–water partition coefficient (Wildman–Crippen LogP) is 10.5. The molecule has 2 aliphatic rings. The van der Waals surface area contributed by atoms with E-state index in [1.807, 2.05) is 7.11 Å². The van der Waals surface area contributed by atoms with Crippen LogP contribution in [0.15, 0.2) is 12.1 Å². The van der Waals surface area contributed by atoms with E-state index in [1.54, 1.807) is 21.3 Å². The van der Waals surface area contributed by atoms with Crippen LogP contribution in [0, 0.1) is 0 Å². The molecular formula is C37H57O4P. The first-order valence-electron chi connectivity index (χ1n) is 16.6. The van der Waals surface area contributed by atoms with Crippen molar-refractivity contribution in [2.45, 2.75) is 135 Å². The SMILES string of the molecule is COc1c(OC)c(OC)c(P(C2CCCCC2)C2CCCCC2)c(-c2c(C(C)C)cc(C(C)C)cc2C(C)C)c1OC. The molecule has 42 heavy (non-hydrogen) atoms. The second-order valence-electron chi connectivity index (χ2n) is 13.4. The largest absolute Gasteiger partial charge is 0.492 e. The fourth-order valence-electron chi connectivity index (χ4n) is 7.51. The molecule has 0 aliphatic heterocycles. The highest BCUT2D eigenvalue weighted by Crippen LogP contribution is 2.63. The van der Waals surface area contributed by atoms with Crippen LogP contribution in [0.25, 0.3) is 11.1 Å². The summed E-state index contributed by atoms with van der Waals surface area (Å²) in [5.41, 5.74) is 8.09. The highest BCUT2D eigenvalue weighted by molar-refractivity contribution is 7.67. The van der Waals surface area contributed by atoms with Gasteiger partial charge in [0.05, 0.1) is 28.4 Å². The molecule has 2 aromatic rings. The maximum atomic E-state index is 6.45. The van der Waals surface area contributed by atoms with Crippen LogP contribution in [-0.4, -0.2) is 39.8 Å². The Labute approximate surface area is 258 Å². The molecule has 2 saturated carbocycles. The van der Waals surface area contributed by atoms with Gasteiger partial charge in [-0.1, -0.05) is 100 Å². The van der Waals surface area contributed by atoms with E-state index in [0.29, 0.717) is 40.6 Å². The number of methoxy groups -OCH3 is 4. The molecule has 0 heterocycles. The van der Waals surface area contributed by atoms with E-state index in [9.17, 15) is 0 Å². The normalized spacial score (nSPS) is 17.0. The Balaban J connectivity index is 2.23. The van der Waals surface area contributed by atoms with Crippen LogP contribution < -0.4 is 24.3 Å². The number of ether oxygens (including phenoxy) is 4. The Hall–Kier alpha value is -1.93. The van der Waals surface area contributed by atoms with Gasteiger partial charge < -0.3 is 18.9 Å². The lowest BCUT2D eigenvalue weighted by atomic mass is 9.81. The van der Waals surface area contributed by atoms with Gasteiger partial charge >= 0.3 is 0 Å². The summed E-state index contributed by atoms with van der Waals surface area (Å²) in [5, 5.41) is 1.36. The second kappa shape index (κ2) is 14.7.